The second-order valence-electron chi connectivity index (χ2n) is 2.87. The first-order valence-electron chi connectivity index (χ1n) is 5.09. The van der Waals surface area contributed by atoms with Crippen molar-refractivity contribution in [3.8, 4) is 0 Å². The Labute approximate surface area is 85.9 Å². The average molecular weight is 206 g/mol. The number of rotatable bonds is 7. The number of hydrogen-bond donors (Lipinski definition) is 2. The van der Waals surface area contributed by atoms with Gasteiger partial charge < -0.3 is 14.9 Å². The third-order valence-corrected chi connectivity index (χ3v) is 1.42. The van der Waals surface area contributed by atoms with Gasteiger partial charge in [-0.1, -0.05) is 26.7 Å². The molecule has 0 aliphatic heterocycles. The number of ether oxygens (including phenoxy) is 1. The molecular weight excluding hydrogens is 184 g/mol. The van der Waals surface area contributed by atoms with Gasteiger partial charge in [0.05, 0.1) is 0 Å². The molecule has 0 rings (SSSR count). The molecule has 0 saturated heterocycles. The maximum absolute atomic E-state index is 9.12. The monoisotopic (exact) mass is 206 g/mol. The Morgan fingerprint density at radius 1 is 1.14 bits per heavy atom. The molecule has 0 amide bonds. The van der Waals surface area contributed by atoms with Crippen LogP contribution in [-0.2, 0) is 9.53 Å². The summed E-state index contributed by atoms with van der Waals surface area (Å²) in [6.45, 7) is 5.50. The molecule has 0 atom stereocenters. The number of aliphatic carboxylic acids is 1. The van der Waals surface area contributed by atoms with Crippen LogP contribution in [0.15, 0.2) is 0 Å². The van der Waals surface area contributed by atoms with Gasteiger partial charge in [-0.05, 0) is 12.8 Å². The molecule has 14 heavy (non-hydrogen) atoms. The van der Waals surface area contributed by atoms with E-state index in [9.17, 15) is 0 Å². The molecule has 0 aromatic carbocycles. The number of unbranched alkanes of at least 4 members (excludes halogenated alkanes) is 2. The van der Waals surface area contributed by atoms with Crippen LogP contribution in [-0.4, -0.2) is 36.0 Å². The summed E-state index contributed by atoms with van der Waals surface area (Å²) in [6.07, 6.45) is 4.91. The fourth-order valence-electron chi connectivity index (χ4n) is 0.595. The van der Waals surface area contributed by atoms with Crippen molar-refractivity contribution < 1.29 is 19.7 Å². The summed E-state index contributed by atoms with van der Waals surface area (Å²) >= 11 is 0. The van der Waals surface area contributed by atoms with Crippen LogP contribution in [0.1, 0.15) is 39.5 Å². The number of aliphatic hydroxyl groups is 1. The van der Waals surface area contributed by atoms with E-state index >= 15 is 0 Å². The van der Waals surface area contributed by atoms with E-state index in [0.29, 0.717) is 0 Å². The van der Waals surface area contributed by atoms with Gasteiger partial charge in [-0.15, -0.1) is 0 Å². The van der Waals surface area contributed by atoms with Gasteiger partial charge in [-0.2, -0.15) is 0 Å². The molecule has 0 fully saturated rings. The molecule has 0 bridgehead atoms. The van der Waals surface area contributed by atoms with Gasteiger partial charge in [-0.25, -0.2) is 4.79 Å². The molecule has 0 heterocycles. The predicted octanol–water partition coefficient (Wildman–Crippen LogP) is 1.67. The van der Waals surface area contributed by atoms with Crippen molar-refractivity contribution in [2.24, 2.45) is 0 Å². The van der Waals surface area contributed by atoms with Crippen LogP contribution in [0, 0.1) is 0 Å². The third-order valence-electron chi connectivity index (χ3n) is 1.42. The van der Waals surface area contributed by atoms with Gasteiger partial charge in [0.1, 0.15) is 6.61 Å². The summed E-state index contributed by atoms with van der Waals surface area (Å²) in [4.78, 5) is 9.12. The Bertz CT molecular complexity index is 109. The van der Waals surface area contributed by atoms with Crippen LogP contribution in [0.3, 0.4) is 0 Å². The van der Waals surface area contributed by atoms with E-state index in [1.54, 1.807) is 0 Å². The second kappa shape index (κ2) is 14.9. The first-order chi connectivity index (χ1) is 6.68. The molecule has 0 spiro atoms. The van der Waals surface area contributed by atoms with Crippen LogP contribution in [0.5, 0.6) is 0 Å². The summed E-state index contributed by atoms with van der Waals surface area (Å²) in [5.74, 6) is -1.19. The van der Waals surface area contributed by atoms with E-state index in [1.807, 2.05) is 0 Å². The van der Waals surface area contributed by atoms with Crippen molar-refractivity contribution in [2.45, 2.75) is 39.5 Å². The topological polar surface area (TPSA) is 66.8 Å². The molecule has 4 heteroatoms. The highest BCUT2D eigenvalue weighted by Gasteiger charge is 1.84. The molecule has 0 radical (unpaired) electrons. The number of carboxylic acid groups (broad SMARTS) is 1. The molecule has 0 aliphatic rings. The van der Waals surface area contributed by atoms with Crippen LogP contribution in [0.25, 0.3) is 0 Å². The molecule has 0 aromatic heterocycles. The maximum atomic E-state index is 9.12. The molecular formula is C10H22O4. The lowest BCUT2D eigenvalue weighted by Gasteiger charge is -1.99. The van der Waals surface area contributed by atoms with Gasteiger partial charge in [-0.3, -0.25) is 0 Å². The van der Waals surface area contributed by atoms with Crippen molar-refractivity contribution in [3.05, 3.63) is 0 Å². The molecule has 0 aromatic rings. The fourth-order valence-corrected chi connectivity index (χ4v) is 0.595. The fraction of sp³-hybridized carbons (Fsp3) is 0.900. The van der Waals surface area contributed by atoms with Crippen LogP contribution < -0.4 is 0 Å². The molecule has 86 valence electrons. The van der Waals surface area contributed by atoms with Crippen LogP contribution in [0.2, 0.25) is 0 Å². The summed E-state index contributed by atoms with van der Waals surface area (Å²) in [5.41, 5.74) is 0. The highest BCUT2D eigenvalue weighted by Crippen LogP contribution is 1.91. The minimum atomic E-state index is -1.19. The van der Waals surface area contributed by atoms with E-state index in [4.69, 9.17) is 19.7 Å². The van der Waals surface area contributed by atoms with Crippen molar-refractivity contribution in [1.29, 1.82) is 0 Å². The minimum absolute atomic E-state index is 0.778. The van der Waals surface area contributed by atoms with Crippen molar-refractivity contribution in [3.63, 3.8) is 0 Å². The van der Waals surface area contributed by atoms with Crippen LogP contribution in [0.4, 0.5) is 0 Å². The first kappa shape index (κ1) is 15.8. The SMILES string of the molecule is CCCCOCCCC.O=C(O)CO. The second-order valence-corrected chi connectivity index (χ2v) is 2.87. The van der Waals surface area contributed by atoms with Gasteiger partial charge >= 0.3 is 5.97 Å². The molecule has 0 saturated carbocycles. The average Bonchev–Trinajstić information content (AvgIpc) is 2.19. The summed E-state index contributed by atoms with van der Waals surface area (Å²) < 4.78 is 5.31. The number of aliphatic hydroxyl groups excluding tert-OH is 1. The zero-order valence-corrected chi connectivity index (χ0v) is 9.16. The van der Waals surface area contributed by atoms with Gasteiger partial charge in [0.2, 0.25) is 0 Å². The van der Waals surface area contributed by atoms with Gasteiger partial charge in [0.25, 0.3) is 0 Å². The standard InChI is InChI=1S/C8H18O.C2H4O3/c1-3-5-7-9-8-6-4-2;3-1-2(4)5/h3-8H2,1-2H3;3H,1H2,(H,4,5). The lowest BCUT2D eigenvalue weighted by Crippen LogP contribution is -1.98. The quantitative estimate of drug-likeness (QED) is 0.622. The predicted molar refractivity (Wildman–Crippen MR) is 55.4 cm³/mol. The van der Waals surface area contributed by atoms with E-state index in [0.717, 1.165) is 13.2 Å². The van der Waals surface area contributed by atoms with Gasteiger partial charge in [0, 0.05) is 13.2 Å². The lowest BCUT2D eigenvalue weighted by molar-refractivity contribution is -0.140. The number of hydrogen-bond acceptors (Lipinski definition) is 3. The Kier molecular flexibility index (Phi) is 16.9. The smallest absolute Gasteiger partial charge is 0.329 e. The van der Waals surface area contributed by atoms with E-state index in [1.165, 1.54) is 25.7 Å². The molecule has 0 aliphatic carbocycles. The van der Waals surface area contributed by atoms with E-state index < -0.39 is 12.6 Å². The Hall–Kier alpha value is -0.610. The maximum Gasteiger partial charge on any atom is 0.329 e. The molecule has 4 nitrogen and oxygen atoms in total. The van der Waals surface area contributed by atoms with E-state index in [2.05, 4.69) is 13.8 Å². The number of carboxylic acids is 1. The van der Waals surface area contributed by atoms with Gasteiger partial charge in [0.15, 0.2) is 0 Å². The molecule has 0 unspecified atom stereocenters. The first-order valence-corrected chi connectivity index (χ1v) is 5.09. The highest BCUT2D eigenvalue weighted by molar-refractivity contribution is 5.67. The Morgan fingerprint density at radius 3 is 1.71 bits per heavy atom. The van der Waals surface area contributed by atoms with E-state index in [-0.39, 0.29) is 0 Å². The minimum Gasteiger partial charge on any atom is -0.480 e. The Balaban J connectivity index is 0. The summed E-state index contributed by atoms with van der Waals surface area (Å²) in [7, 11) is 0. The summed E-state index contributed by atoms with van der Waals surface area (Å²) in [6, 6.07) is 0. The van der Waals surface area contributed by atoms with Crippen molar-refractivity contribution in [1.82, 2.24) is 0 Å². The van der Waals surface area contributed by atoms with Crippen molar-refractivity contribution in [2.75, 3.05) is 19.8 Å². The zero-order chi connectivity index (χ0) is 11.2. The normalized spacial score (nSPS) is 9.07. The Morgan fingerprint density at radius 2 is 1.50 bits per heavy atom. The summed E-state index contributed by atoms with van der Waals surface area (Å²) in [5, 5.41) is 15.0. The third kappa shape index (κ3) is 22.5. The lowest BCUT2D eigenvalue weighted by atomic mass is 10.3. The number of carbonyl (C=O) groups is 1. The molecule has 2 N–H and O–H groups in total. The highest BCUT2D eigenvalue weighted by atomic mass is 16.5. The largest absolute Gasteiger partial charge is 0.480 e. The van der Waals surface area contributed by atoms with Crippen LogP contribution >= 0.6 is 0 Å². The zero-order valence-electron chi connectivity index (χ0n) is 9.16. The van der Waals surface area contributed by atoms with Crippen molar-refractivity contribution >= 4 is 5.97 Å².